The Morgan fingerprint density at radius 2 is 1.53 bits per heavy atom. The number of para-hydroxylation sites is 1. The van der Waals surface area contributed by atoms with Gasteiger partial charge in [0.2, 0.25) is 0 Å². The number of nitrogens with zero attached hydrogens (tertiary/aromatic N) is 1. The predicted octanol–water partition coefficient (Wildman–Crippen LogP) is 1.23. The molecule has 0 unspecified atom stereocenters. The van der Waals surface area contributed by atoms with Gasteiger partial charge in [-0.3, -0.25) is 19.2 Å². The average molecular weight is 447 g/mol. The third-order valence-electron chi connectivity index (χ3n) is 4.78. The summed E-state index contributed by atoms with van der Waals surface area (Å²) in [6.45, 7) is 3.25. The van der Waals surface area contributed by atoms with Crippen LogP contribution in [-0.2, 0) is 38.1 Å². The van der Waals surface area contributed by atoms with Crippen LogP contribution in [0.1, 0.15) is 37.4 Å². The van der Waals surface area contributed by atoms with Gasteiger partial charge in [-0.1, -0.05) is 18.2 Å². The number of carboxylic acids is 1. The quantitative estimate of drug-likeness (QED) is 0.297. The van der Waals surface area contributed by atoms with Crippen LogP contribution in [0.25, 0.3) is 10.9 Å². The van der Waals surface area contributed by atoms with Gasteiger partial charge in [-0.15, -0.1) is 0 Å². The Bertz CT molecular complexity index is 1090. The Labute approximate surface area is 181 Å². The minimum absolute atomic E-state index is 0.0931. The lowest BCUT2D eigenvalue weighted by atomic mass is 10.0. The molecular weight excluding hydrogens is 426 g/mol. The van der Waals surface area contributed by atoms with Gasteiger partial charge in [0.1, 0.15) is 0 Å². The molecule has 11 heteroatoms. The van der Waals surface area contributed by atoms with Crippen LogP contribution in [-0.4, -0.2) is 64.3 Å². The van der Waals surface area contributed by atoms with Crippen LogP contribution in [0.5, 0.6) is 0 Å². The minimum Gasteiger partial charge on any atom is -0.475 e. The molecular formula is C21H21NO10. The number of hydrogen-bond donors (Lipinski definition) is 1. The molecule has 32 heavy (non-hydrogen) atoms. The molecule has 0 bridgehead atoms. The largest absolute Gasteiger partial charge is 0.475 e. The zero-order chi connectivity index (χ0) is 23.6. The second-order valence-corrected chi connectivity index (χ2v) is 7.12. The summed E-state index contributed by atoms with van der Waals surface area (Å²) in [5, 5.41) is 9.52. The van der Waals surface area contributed by atoms with Crippen molar-refractivity contribution < 1.29 is 48.0 Å². The molecule has 1 fully saturated rings. The van der Waals surface area contributed by atoms with E-state index < -0.39 is 54.2 Å². The van der Waals surface area contributed by atoms with Gasteiger partial charge >= 0.3 is 23.9 Å². The Morgan fingerprint density at radius 1 is 0.938 bits per heavy atom. The molecule has 170 valence electrons. The molecule has 1 aromatic carbocycles. The summed E-state index contributed by atoms with van der Waals surface area (Å²) in [5.41, 5.74) is 0.330. The summed E-state index contributed by atoms with van der Waals surface area (Å²) in [6, 6.07) is 6.50. The number of ether oxygens (including phenoxy) is 4. The fraction of sp³-hybridized carbons (Fsp3) is 0.381. The number of aliphatic carboxylic acids is 1. The third kappa shape index (κ3) is 4.62. The topological polar surface area (TPSA) is 147 Å². The van der Waals surface area contributed by atoms with Crippen LogP contribution >= 0.6 is 0 Å². The molecule has 0 radical (unpaired) electrons. The highest BCUT2D eigenvalue weighted by Gasteiger charge is 2.48. The van der Waals surface area contributed by atoms with Gasteiger partial charge in [0.25, 0.3) is 5.78 Å². The molecule has 1 aliphatic rings. The number of fused-ring (bicyclic) bond motifs is 1. The molecule has 3 rings (SSSR count). The maximum absolute atomic E-state index is 12.2. The minimum atomic E-state index is -1.64. The number of aromatic nitrogens is 1. The Kier molecular flexibility index (Phi) is 6.58. The molecule has 0 spiro atoms. The van der Waals surface area contributed by atoms with E-state index in [1.807, 2.05) is 0 Å². The van der Waals surface area contributed by atoms with Crippen molar-refractivity contribution in [1.82, 2.24) is 4.57 Å². The first-order valence-electron chi connectivity index (χ1n) is 9.60. The van der Waals surface area contributed by atoms with Crippen LogP contribution in [0.4, 0.5) is 0 Å². The van der Waals surface area contributed by atoms with Crippen molar-refractivity contribution in [1.29, 1.82) is 0 Å². The molecule has 2 heterocycles. The summed E-state index contributed by atoms with van der Waals surface area (Å²) in [7, 11) is 0. The summed E-state index contributed by atoms with van der Waals surface area (Å²) in [5.74, 6) is -4.85. The highest BCUT2D eigenvalue weighted by molar-refractivity contribution is 6.42. The molecule has 1 saturated heterocycles. The normalized spacial score (nSPS) is 22.7. The van der Waals surface area contributed by atoms with E-state index in [1.165, 1.54) is 17.7 Å². The highest BCUT2D eigenvalue weighted by Crippen LogP contribution is 2.35. The fourth-order valence-corrected chi connectivity index (χ4v) is 3.67. The van der Waals surface area contributed by atoms with Gasteiger partial charge in [-0.25, -0.2) is 4.79 Å². The molecule has 0 amide bonds. The van der Waals surface area contributed by atoms with Crippen LogP contribution in [0.2, 0.25) is 0 Å². The Morgan fingerprint density at radius 3 is 2.12 bits per heavy atom. The van der Waals surface area contributed by atoms with E-state index in [9.17, 15) is 29.1 Å². The SMILES string of the molecule is CC(=O)O[C@@H]1[C@@H](OC(C)=O)[C@@H](n2cc(C(=O)C(=O)O)c3ccccc32)OC[C@H]1OC(C)=O. The number of hydrogen-bond acceptors (Lipinski definition) is 9. The smallest absolute Gasteiger partial charge is 0.377 e. The van der Waals surface area contributed by atoms with E-state index in [4.69, 9.17) is 18.9 Å². The van der Waals surface area contributed by atoms with Gasteiger partial charge in [-0.05, 0) is 6.07 Å². The summed E-state index contributed by atoms with van der Waals surface area (Å²) >= 11 is 0. The molecule has 1 N–H and O–H groups in total. The number of carbonyl (C=O) groups is 5. The molecule has 0 saturated carbocycles. The summed E-state index contributed by atoms with van der Waals surface area (Å²) in [6.07, 6.45) is -3.37. The molecule has 0 aliphatic carbocycles. The van der Waals surface area contributed by atoms with Crippen molar-refractivity contribution in [3.05, 3.63) is 36.0 Å². The number of carboxylic acid groups (broad SMARTS) is 1. The van der Waals surface area contributed by atoms with E-state index in [0.717, 1.165) is 13.8 Å². The number of carbonyl (C=O) groups excluding carboxylic acids is 4. The first-order valence-corrected chi connectivity index (χ1v) is 9.60. The van der Waals surface area contributed by atoms with Gasteiger partial charge in [0, 0.05) is 32.4 Å². The molecule has 1 aromatic heterocycles. The van der Waals surface area contributed by atoms with Crippen molar-refractivity contribution in [2.45, 2.75) is 45.3 Å². The van der Waals surface area contributed by atoms with Gasteiger partial charge in [-0.2, -0.15) is 0 Å². The predicted molar refractivity (Wildman–Crippen MR) is 106 cm³/mol. The standard InChI is InChI=1S/C21H21NO10/c1-10(23)30-16-9-29-20(19(32-12(3)25)18(16)31-11(2)24)22-8-14(17(26)21(27)28)13-6-4-5-7-15(13)22/h4-8,16,18-20H,9H2,1-3H3,(H,27,28)/t16-,18+,19-,20+/m1/s1. The lowest BCUT2D eigenvalue weighted by Gasteiger charge is -2.41. The van der Waals surface area contributed by atoms with Gasteiger partial charge < -0.3 is 28.6 Å². The van der Waals surface area contributed by atoms with E-state index in [-0.39, 0.29) is 12.2 Å². The molecule has 4 atom stereocenters. The zero-order valence-electron chi connectivity index (χ0n) is 17.5. The van der Waals surface area contributed by atoms with Crippen molar-refractivity contribution >= 4 is 40.6 Å². The molecule has 2 aromatic rings. The maximum atomic E-state index is 12.2. The second-order valence-electron chi connectivity index (χ2n) is 7.12. The third-order valence-corrected chi connectivity index (χ3v) is 4.78. The number of benzene rings is 1. The van der Waals surface area contributed by atoms with Gasteiger partial charge in [0.05, 0.1) is 17.7 Å². The fourth-order valence-electron chi connectivity index (χ4n) is 3.67. The Balaban J connectivity index is 2.13. The van der Waals surface area contributed by atoms with Crippen LogP contribution in [0.3, 0.4) is 0 Å². The number of ketones is 1. The second kappa shape index (κ2) is 9.18. The van der Waals surface area contributed by atoms with Crippen LogP contribution in [0, 0.1) is 0 Å². The van der Waals surface area contributed by atoms with E-state index >= 15 is 0 Å². The average Bonchev–Trinajstić information content (AvgIpc) is 3.08. The van der Waals surface area contributed by atoms with Crippen molar-refractivity contribution in [2.24, 2.45) is 0 Å². The first kappa shape index (κ1) is 22.9. The maximum Gasteiger partial charge on any atom is 0.377 e. The van der Waals surface area contributed by atoms with E-state index in [1.54, 1.807) is 24.3 Å². The zero-order valence-corrected chi connectivity index (χ0v) is 17.5. The van der Waals surface area contributed by atoms with Crippen molar-refractivity contribution in [3.63, 3.8) is 0 Å². The van der Waals surface area contributed by atoms with Crippen LogP contribution < -0.4 is 0 Å². The lowest BCUT2D eigenvalue weighted by Crippen LogP contribution is -2.55. The van der Waals surface area contributed by atoms with E-state index in [2.05, 4.69) is 0 Å². The van der Waals surface area contributed by atoms with Crippen molar-refractivity contribution in [3.8, 4) is 0 Å². The summed E-state index contributed by atoms with van der Waals surface area (Å²) in [4.78, 5) is 58.6. The first-order chi connectivity index (χ1) is 15.1. The van der Waals surface area contributed by atoms with Gasteiger partial charge in [0.15, 0.2) is 24.5 Å². The lowest BCUT2D eigenvalue weighted by molar-refractivity contribution is -0.239. The number of esters is 3. The summed E-state index contributed by atoms with van der Waals surface area (Å²) < 4.78 is 23.2. The van der Waals surface area contributed by atoms with Crippen molar-refractivity contribution in [2.75, 3.05) is 6.61 Å². The Hall–Kier alpha value is -3.73. The number of Topliss-reactive ketones (excluding diaryl/α,β-unsaturated/α-hetero) is 1. The van der Waals surface area contributed by atoms with E-state index in [0.29, 0.717) is 10.9 Å². The molecule has 11 nitrogen and oxygen atoms in total. The molecule has 1 aliphatic heterocycles. The monoisotopic (exact) mass is 447 g/mol. The van der Waals surface area contributed by atoms with Crippen LogP contribution in [0.15, 0.2) is 30.5 Å². The highest BCUT2D eigenvalue weighted by atomic mass is 16.6. The number of rotatable bonds is 6.